The Bertz CT molecular complexity index is 347. The van der Waals surface area contributed by atoms with Crippen LogP contribution < -0.4 is 5.73 Å². The minimum Gasteiger partial charge on any atom is -0.324 e. The van der Waals surface area contributed by atoms with Crippen LogP contribution in [-0.2, 0) is 0 Å². The third kappa shape index (κ3) is 1.75. The van der Waals surface area contributed by atoms with Crippen LogP contribution in [0.4, 0.5) is 4.39 Å². The van der Waals surface area contributed by atoms with Crippen molar-refractivity contribution in [1.82, 2.24) is 0 Å². The zero-order chi connectivity index (χ0) is 10.0. The van der Waals surface area contributed by atoms with Crippen molar-refractivity contribution in [3.8, 4) is 0 Å². The summed E-state index contributed by atoms with van der Waals surface area (Å²) >= 11 is 0. The Kier molecular flexibility index (Phi) is 2.78. The molecular weight excluding hydrogens is 169 g/mol. The lowest BCUT2D eigenvalue weighted by atomic mass is 9.99. The monoisotopic (exact) mass is 181 g/mol. The number of rotatable bonds is 2. The second-order valence-electron chi connectivity index (χ2n) is 2.99. The maximum Gasteiger partial charge on any atom is 0.179 e. The molecule has 0 aliphatic carbocycles. The lowest BCUT2D eigenvalue weighted by molar-refractivity contribution is 0.0997. The molecule has 1 aromatic carbocycles. The van der Waals surface area contributed by atoms with Gasteiger partial charge in [0.1, 0.15) is 5.82 Å². The first-order valence-electron chi connectivity index (χ1n) is 4.07. The van der Waals surface area contributed by atoms with Crippen molar-refractivity contribution in [2.75, 3.05) is 6.54 Å². The van der Waals surface area contributed by atoms with Crippen LogP contribution in [0.1, 0.15) is 21.5 Å². The Morgan fingerprint density at radius 2 is 2.08 bits per heavy atom. The zero-order valence-electron chi connectivity index (χ0n) is 7.73. The van der Waals surface area contributed by atoms with Crippen LogP contribution in [0, 0.1) is 19.7 Å². The van der Waals surface area contributed by atoms with Gasteiger partial charge in [0.2, 0.25) is 0 Å². The summed E-state index contributed by atoms with van der Waals surface area (Å²) in [5.74, 6) is -0.836. The summed E-state index contributed by atoms with van der Waals surface area (Å²) in [4.78, 5) is 11.2. The van der Waals surface area contributed by atoms with E-state index in [0.717, 1.165) is 5.56 Å². The average Bonchev–Trinajstić information content (AvgIpc) is 2.12. The van der Waals surface area contributed by atoms with Crippen LogP contribution in [-0.4, -0.2) is 12.3 Å². The molecule has 0 bridgehead atoms. The van der Waals surface area contributed by atoms with Gasteiger partial charge in [0.15, 0.2) is 5.78 Å². The van der Waals surface area contributed by atoms with Gasteiger partial charge in [-0.1, -0.05) is 6.07 Å². The number of carbonyl (C=O) groups is 1. The van der Waals surface area contributed by atoms with Gasteiger partial charge in [-0.25, -0.2) is 4.39 Å². The summed E-state index contributed by atoms with van der Waals surface area (Å²) < 4.78 is 13.2. The van der Waals surface area contributed by atoms with E-state index in [1.807, 2.05) is 6.92 Å². The molecule has 0 spiro atoms. The number of benzene rings is 1. The molecule has 1 rings (SSSR count). The van der Waals surface area contributed by atoms with Gasteiger partial charge < -0.3 is 5.73 Å². The van der Waals surface area contributed by atoms with Crippen LogP contribution in [0.15, 0.2) is 12.1 Å². The van der Waals surface area contributed by atoms with Crippen molar-refractivity contribution < 1.29 is 9.18 Å². The second kappa shape index (κ2) is 3.66. The SMILES string of the molecule is Cc1ccc(F)c(C(=O)CN)c1C. The summed E-state index contributed by atoms with van der Waals surface area (Å²) in [6.45, 7) is 3.41. The molecule has 0 radical (unpaired) electrons. The third-order valence-electron chi connectivity index (χ3n) is 2.15. The summed E-state index contributed by atoms with van der Waals surface area (Å²) in [7, 11) is 0. The minimum atomic E-state index is -0.487. The largest absolute Gasteiger partial charge is 0.324 e. The van der Waals surface area contributed by atoms with Gasteiger partial charge in [-0.15, -0.1) is 0 Å². The highest BCUT2D eigenvalue weighted by Gasteiger charge is 2.13. The highest BCUT2D eigenvalue weighted by Crippen LogP contribution is 2.16. The molecule has 13 heavy (non-hydrogen) atoms. The van der Waals surface area contributed by atoms with Crippen molar-refractivity contribution in [2.45, 2.75) is 13.8 Å². The van der Waals surface area contributed by atoms with E-state index in [9.17, 15) is 9.18 Å². The highest BCUT2D eigenvalue weighted by atomic mass is 19.1. The molecule has 70 valence electrons. The van der Waals surface area contributed by atoms with Crippen LogP contribution >= 0.6 is 0 Å². The maximum absolute atomic E-state index is 13.2. The Morgan fingerprint density at radius 3 is 2.62 bits per heavy atom. The standard InChI is InChI=1S/C10H12FNO/c1-6-3-4-8(11)10(7(6)2)9(13)5-12/h3-4H,5,12H2,1-2H3. The maximum atomic E-state index is 13.2. The number of Topliss-reactive ketones (excluding diaryl/α,β-unsaturated/α-hetero) is 1. The fourth-order valence-electron chi connectivity index (χ4n) is 1.23. The van der Waals surface area contributed by atoms with Gasteiger partial charge in [-0.2, -0.15) is 0 Å². The Hall–Kier alpha value is -1.22. The molecule has 0 atom stereocenters. The Morgan fingerprint density at radius 1 is 1.46 bits per heavy atom. The molecule has 0 heterocycles. The number of ketones is 1. The van der Waals surface area contributed by atoms with Gasteiger partial charge >= 0.3 is 0 Å². The molecule has 0 fully saturated rings. The van der Waals surface area contributed by atoms with Gasteiger partial charge in [0.05, 0.1) is 12.1 Å². The molecule has 2 nitrogen and oxygen atoms in total. The number of hydrogen-bond acceptors (Lipinski definition) is 2. The first-order chi connectivity index (χ1) is 6.07. The van der Waals surface area contributed by atoms with E-state index < -0.39 is 5.82 Å². The lowest BCUT2D eigenvalue weighted by Crippen LogP contribution is -2.17. The third-order valence-corrected chi connectivity index (χ3v) is 2.15. The summed E-state index contributed by atoms with van der Waals surface area (Å²) in [6, 6.07) is 2.95. The Balaban J connectivity index is 3.33. The van der Waals surface area contributed by atoms with Crippen molar-refractivity contribution in [3.05, 3.63) is 34.6 Å². The number of halogens is 1. The van der Waals surface area contributed by atoms with Crippen molar-refractivity contribution >= 4 is 5.78 Å². The molecule has 0 unspecified atom stereocenters. The summed E-state index contributed by atoms with van der Waals surface area (Å²) in [5.41, 5.74) is 6.88. The van der Waals surface area contributed by atoms with Crippen LogP contribution in [0.3, 0.4) is 0 Å². The van der Waals surface area contributed by atoms with E-state index in [4.69, 9.17) is 5.73 Å². The predicted molar refractivity (Wildman–Crippen MR) is 49.3 cm³/mol. The first kappa shape index (κ1) is 9.86. The average molecular weight is 181 g/mol. The second-order valence-corrected chi connectivity index (χ2v) is 2.99. The molecule has 0 aliphatic heterocycles. The van der Waals surface area contributed by atoms with Gasteiger partial charge in [-0.3, -0.25) is 4.79 Å². The van der Waals surface area contributed by atoms with E-state index in [0.29, 0.717) is 5.56 Å². The molecule has 0 saturated carbocycles. The van der Waals surface area contributed by atoms with Crippen LogP contribution in [0.25, 0.3) is 0 Å². The van der Waals surface area contributed by atoms with Crippen LogP contribution in [0.5, 0.6) is 0 Å². The fraction of sp³-hybridized carbons (Fsp3) is 0.300. The normalized spacial score (nSPS) is 10.2. The molecule has 1 aromatic rings. The zero-order valence-corrected chi connectivity index (χ0v) is 7.73. The minimum absolute atomic E-state index is 0.127. The van der Waals surface area contributed by atoms with Gasteiger partial charge in [0.25, 0.3) is 0 Å². The van der Waals surface area contributed by atoms with Gasteiger partial charge in [-0.05, 0) is 31.0 Å². The van der Waals surface area contributed by atoms with E-state index in [1.165, 1.54) is 6.07 Å². The fourth-order valence-corrected chi connectivity index (χ4v) is 1.23. The summed E-state index contributed by atoms with van der Waals surface area (Å²) in [5, 5.41) is 0. The number of hydrogen-bond donors (Lipinski definition) is 1. The Labute approximate surface area is 76.6 Å². The predicted octanol–water partition coefficient (Wildman–Crippen LogP) is 1.58. The van der Waals surface area contributed by atoms with E-state index in [1.54, 1.807) is 13.0 Å². The van der Waals surface area contributed by atoms with E-state index in [-0.39, 0.29) is 17.9 Å². The molecule has 0 amide bonds. The topological polar surface area (TPSA) is 43.1 Å². The molecule has 0 aliphatic rings. The molecule has 3 heteroatoms. The van der Waals surface area contributed by atoms with Gasteiger partial charge in [0, 0.05) is 0 Å². The number of nitrogens with two attached hydrogens (primary N) is 1. The van der Waals surface area contributed by atoms with Crippen molar-refractivity contribution in [3.63, 3.8) is 0 Å². The van der Waals surface area contributed by atoms with Crippen LogP contribution in [0.2, 0.25) is 0 Å². The smallest absolute Gasteiger partial charge is 0.179 e. The van der Waals surface area contributed by atoms with Crippen molar-refractivity contribution in [1.29, 1.82) is 0 Å². The molecule has 0 saturated heterocycles. The molecule has 0 aromatic heterocycles. The highest BCUT2D eigenvalue weighted by molar-refractivity contribution is 5.99. The van der Waals surface area contributed by atoms with Crippen molar-refractivity contribution in [2.24, 2.45) is 5.73 Å². The molecule has 2 N–H and O–H groups in total. The van der Waals surface area contributed by atoms with E-state index >= 15 is 0 Å². The number of carbonyl (C=O) groups excluding carboxylic acids is 1. The lowest BCUT2D eigenvalue weighted by Gasteiger charge is -2.07. The first-order valence-corrected chi connectivity index (χ1v) is 4.07. The number of aryl methyl sites for hydroxylation is 1. The molecular formula is C10H12FNO. The summed E-state index contributed by atoms with van der Waals surface area (Å²) in [6.07, 6.45) is 0. The quantitative estimate of drug-likeness (QED) is 0.704. The van der Waals surface area contributed by atoms with E-state index in [2.05, 4.69) is 0 Å².